The van der Waals surface area contributed by atoms with Gasteiger partial charge in [0.05, 0.1) is 26.4 Å². The number of carbonyl (C=O) groups is 3. The molecular weight excluding hydrogens is 1560 g/mol. The topological polar surface area (TPSA) is 231 Å². The van der Waals surface area contributed by atoms with Crippen LogP contribution in [0, 0.1) is 0 Å². The molecule has 0 heterocycles. The molecule has 0 saturated carbocycles. The molecule has 18 heteroatoms. The summed E-state index contributed by atoms with van der Waals surface area (Å²) in [7, 11) is -9.82. The zero-order chi connectivity index (χ0) is 87.9. The van der Waals surface area contributed by atoms with Gasteiger partial charge in [0.2, 0.25) is 0 Å². The standard InChI is InChI=1S/C103H176O16P2/c1-4-7-10-13-16-19-22-25-28-31-34-37-40-43-45-46-47-48-49-50-52-55-56-59-62-65-68-71-74-77-80-83-86-89-101(106)113-92-98(104)93-115-120(109,110)116-94-99(105)95-117-121(111,112)118-97-100(119-103(108)91-88-85-82-79-76-73-70-67-64-61-58-53-42-39-36-33-30-27-24-21-18-15-12-9-6-3)96-114-102(107)90-87-84-81-78-75-72-69-66-63-60-57-54-51-44-41-38-35-32-29-26-23-20-17-14-11-8-5-2/h7,10,16-21,25-30,34-39,43-45,47-48,51,53,58,98-100,104-105H,4-6,8-9,11-15,22-24,31-33,40-42,46,49-50,52,54-57,59-97H2,1-3H3,(H,109,110)(H,111,112)/b10-7-,19-16-,20-17-,21-18-,28-25-,29-26-,30-27-,37-34-,38-35-,39-36-,45-43-,48-47-,51-44-,58-53-. The molecule has 0 spiro atoms. The molecular formula is C103H176O16P2. The van der Waals surface area contributed by atoms with E-state index < -0.39 is 91.5 Å². The lowest BCUT2D eigenvalue weighted by atomic mass is 10.0. The minimum atomic E-state index is -4.95. The fourth-order valence-corrected chi connectivity index (χ4v) is 14.7. The molecule has 0 aliphatic rings. The summed E-state index contributed by atoms with van der Waals surface area (Å²) in [6, 6.07) is 0. The van der Waals surface area contributed by atoms with E-state index in [0.29, 0.717) is 19.3 Å². The van der Waals surface area contributed by atoms with Gasteiger partial charge in [-0.25, -0.2) is 9.13 Å². The Labute approximate surface area is 739 Å². The summed E-state index contributed by atoms with van der Waals surface area (Å²) in [4.78, 5) is 59.1. The van der Waals surface area contributed by atoms with Crippen LogP contribution in [-0.2, 0) is 55.8 Å². The smallest absolute Gasteiger partial charge is 0.463 e. The highest BCUT2D eigenvalue weighted by atomic mass is 31.2. The number of unbranched alkanes of at least 4 members (excludes halogenated alkanes) is 40. The summed E-state index contributed by atoms with van der Waals surface area (Å²) in [5.74, 6) is -1.58. The Kier molecular flexibility index (Phi) is 90.1. The number of phosphoric acid groups is 2. The van der Waals surface area contributed by atoms with Crippen molar-refractivity contribution in [2.45, 2.75) is 424 Å². The summed E-state index contributed by atoms with van der Waals surface area (Å²) in [5, 5.41) is 20.8. The molecule has 5 atom stereocenters. The molecule has 0 amide bonds. The summed E-state index contributed by atoms with van der Waals surface area (Å²) in [6.07, 6.45) is 122. The van der Waals surface area contributed by atoms with Crippen molar-refractivity contribution in [2.24, 2.45) is 0 Å². The van der Waals surface area contributed by atoms with Gasteiger partial charge in [-0.2, -0.15) is 0 Å². The van der Waals surface area contributed by atoms with Crippen molar-refractivity contribution < 1.29 is 75.8 Å². The predicted molar refractivity (Wildman–Crippen MR) is 509 cm³/mol. The molecule has 4 N–H and O–H groups in total. The minimum absolute atomic E-state index is 0.0934. The first-order valence-corrected chi connectivity index (χ1v) is 51.4. The summed E-state index contributed by atoms with van der Waals surface area (Å²) >= 11 is 0. The van der Waals surface area contributed by atoms with E-state index >= 15 is 0 Å². The maximum Gasteiger partial charge on any atom is 0.472 e. The SMILES string of the molecule is CC/C=C\C/C=C\C/C=C\C/C=C\C/C=C\C/C=C\CCCCCCCCCCCCCCCCC(=O)OCC(O)COP(=O)(O)OCC(O)COP(=O)(O)OCC(COC(=O)CCCCCCCCCCCCC/C=C\C/C=C\C/C=C\C/C=C\CCCCC)OC(=O)CCCCCCCCCCC/C=C\C/C=C\C/C=C\C/C=C\CCCCC. The lowest BCUT2D eigenvalue weighted by molar-refractivity contribution is -0.161. The van der Waals surface area contributed by atoms with E-state index in [0.717, 1.165) is 167 Å². The van der Waals surface area contributed by atoms with Crippen molar-refractivity contribution >= 4 is 33.6 Å². The second kappa shape index (κ2) is 94.1. The van der Waals surface area contributed by atoms with Crippen molar-refractivity contribution in [2.75, 3.05) is 39.6 Å². The molecule has 0 aliphatic carbocycles. The molecule has 0 aromatic carbocycles. The molecule has 16 nitrogen and oxygen atoms in total. The van der Waals surface area contributed by atoms with Crippen LogP contribution in [0.3, 0.4) is 0 Å². The largest absolute Gasteiger partial charge is 0.472 e. The fourth-order valence-electron chi connectivity index (χ4n) is 13.1. The van der Waals surface area contributed by atoms with Crippen LogP contribution in [0.4, 0.5) is 0 Å². The van der Waals surface area contributed by atoms with Gasteiger partial charge in [0.15, 0.2) is 6.10 Å². The van der Waals surface area contributed by atoms with Crippen LogP contribution < -0.4 is 0 Å². The van der Waals surface area contributed by atoms with Crippen LogP contribution in [0.25, 0.3) is 0 Å². The summed E-state index contributed by atoms with van der Waals surface area (Å²) in [6.45, 7) is 2.56. The van der Waals surface area contributed by atoms with Gasteiger partial charge in [0.25, 0.3) is 0 Å². The van der Waals surface area contributed by atoms with E-state index in [1.807, 2.05) is 0 Å². The zero-order valence-corrected chi connectivity index (χ0v) is 78.4. The number of aliphatic hydroxyl groups is 2. The van der Waals surface area contributed by atoms with E-state index in [2.05, 4.69) is 191 Å². The van der Waals surface area contributed by atoms with Crippen molar-refractivity contribution in [3.8, 4) is 0 Å². The first-order valence-electron chi connectivity index (χ1n) is 48.4. The summed E-state index contributed by atoms with van der Waals surface area (Å²) in [5.41, 5.74) is 0. The Morgan fingerprint density at radius 3 is 0.694 bits per heavy atom. The Morgan fingerprint density at radius 2 is 0.438 bits per heavy atom. The van der Waals surface area contributed by atoms with E-state index in [9.17, 15) is 43.5 Å². The lowest BCUT2D eigenvalue weighted by Gasteiger charge is -2.21. The number of allylic oxidation sites excluding steroid dienone is 28. The van der Waals surface area contributed by atoms with Gasteiger partial charge in [-0.05, 0) is 161 Å². The van der Waals surface area contributed by atoms with Gasteiger partial charge >= 0.3 is 33.6 Å². The van der Waals surface area contributed by atoms with Gasteiger partial charge in [0, 0.05) is 19.3 Å². The number of carbonyl (C=O) groups excluding carboxylic acids is 3. The second-order valence-electron chi connectivity index (χ2n) is 32.1. The predicted octanol–water partition coefficient (Wildman–Crippen LogP) is 30.2. The molecule has 0 fully saturated rings. The maximum absolute atomic E-state index is 13.1. The van der Waals surface area contributed by atoms with Crippen LogP contribution in [0.1, 0.15) is 406 Å². The highest BCUT2D eigenvalue weighted by molar-refractivity contribution is 7.47. The highest BCUT2D eigenvalue weighted by Crippen LogP contribution is 2.45. The molecule has 694 valence electrons. The molecule has 0 radical (unpaired) electrons. The molecule has 0 aliphatic heterocycles. The van der Waals surface area contributed by atoms with Crippen LogP contribution >= 0.6 is 15.6 Å². The first kappa shape index (κ1) is 116. The van der Waals surface area contributed by atoms with E-state index in [-0.39, 0.29) is 19.3 Å². The average molecular weight is 1730 g/mol. The fraction of sp³-hybridized carbons (Fsp3) is 0.699. The van der Waals surface area contributed by atoms with Gasteiger partial charge in [-0.1, -0.05) is 396 Å². The molecule has 0 aromatic rings. The van der Waals surface area contributed by atoms with Gasteiger partial charge < -0.3 is 34.2 Å². The Hall–Kier alpha value is -5.09. The Balaban J connectivity index is 4.61. The molecule has 0 aromatic heterocycles. The molecule has 0 rings (SSSR count). The number of phosphoric ester groups is 2. The highest BCUT2D eigenvalue weighted by Gasteiger charge is 2.30. The van der Waals surface area contributed by atoms with Crippen molar-refractivity contribution in [1.29, 1.82) is 0 Å². The number of aliphatic hydroxyl groups excluding tert-OH is 2. The average Bonchev–Trinajstić information content (AvgIpc) is 0.908. The van der Waals surface area contributed by atoms with Gasteiger partial charge in [-0.3, -0.25) is 32.5 Å². The van der Waals surface area contributed by atoms with Crippen molar-refractivity contribution in [3.63, 3.8) is 0 Å². The van der Waals surface area contributed by atoms with Gasteiger partial charge in [0.1, 0.15) is 25.4 Å². The van der Waals surface area contributed by atoms with E-state index in [1.54, 1.807) is 0 Å². The van der Waals surface area contributed by atoms with Crippen LogP contribution in [0.5, 0.6) is 0 Å². The van der Waals surface area contributed by atoms with E-state index in [1.165, 1.54) is 180 Å². The third-order valence-corrected chi connectivity index (χ3v) is 22.3. The Morgan fingerprint density at radius 1 is 0.240 bits per heavy atom. The van der Waals surface area contributed by atoms with Crippen molar-refractivity contribution in [1.82, 2.24) is 0 Å². The number of rotatable bonds is 91. The quantitative estimate of drug-likeness (QED) is 0.0146. The minimum Gasteiger partial charge on any atom is -0.463 e. The lowest BCUT2D eigenvalue weighted by Crippen LogP contribution is -2.30. The molecule has 0 saturated heterocycles. The number of hydrogen-bond donors (Lipinski definition) is 4. The van der Waals surface area contributed by atoms with Crippen LogP contribution in [0.15, 0.2) is 170 Å². The number of hydrogen-bond acceptors (Lipinski definition) is 14. The Bertz CT molecular complexity index is 2880. The zero-order valence-electron chi connectivity index (χ0n) is 76.6. The third kappa shape index (κ3) is 95.4. The normalized spacial score (nSPS) is 14.5. The van der Waals surface area contributed by atoms with E-state index in [4.69, 9.17) is 32.3 Å². The third-order valence-electron chi connectivity index (χ3n) is 20.4. The number of esters is 3. The van der Waals surface area contributed by atoms with Crippen LogP contribution in [-0.4, -0.2) is 95.9 Å². The first-order chi connectivity index (χ1) is 59.2. The molecule has 0 bridgehead atoms. The van der Waals surface area contributed by atoms with Crippen molar-refractivity contribution in [3.05, 3.63) is 170 Å². The number of ether oxygens (including phenoxy) is 3. The second-order valence-corrected chi connectivity index (χ2v) is 35.0. The van der Waals surface area contributed by atoms with Crippen LogP contribution in [0.2, 0.25) is 0 Å². The van der Waals surface area contributed by atoms with Gasteiger partial charge in [-0.15, -0.1) is 0 Å². The monoisotopic (exact) mass is 1730 g/mol. The maximum atomic E-state index is 13.1. The molecule has 121 heavy (non-hydrogen) atoms. The molecule has 5 unspecified atom stereocenters. The summed E-state index contributed by atoms with van der Waals surface area (Å²) < 4.78 is 61.6.